The highest BCUT2D eigenvalue weighted by Gasteiger charge is 2.10. The van der Waals surface area contributed by atoms with E-state index < -0.39 is 5.97 Å². The van der Waals surface area contributed by atoms with E-state index in [0.29, 0.717) is 11.3 Å². The molecule has 5 nitrogen and oxygen atoms in total. The molecule has 0 saturated heterocycles. The average Bonchev–Trinajstić information content (AvgIpc) is 2.46. The number of amides is 1. The highest BCUT2D eigenvalue weighted by Crippen LogP contribution is 2.11. The van der Waals surface area contributed by atoms with Crippen LogP contribution in [0.2, 0.25) is 0 Å². The highest BCUT2D eigenvalue weighted by atomic mass is 16.5. The molecule has 2 aromatic rings. The van der Waals surface area contributed by atoms with Gasteiger partial charge in [0.2, 0.25) is 0 Å². The minimum atomic E-state index is -0.483. The molecule has 102 valence electrons. The third kappa shape index (κ3) is 3.20. The summed E-state index contributed by atoms with van der Waals surface area (Å²) in [6.45, 7) is 1.94. The molecule has 0 fully saturated rings. The van der Waals surface area contributed by atoms with Gasteiger partial charge < -0.3 is 10.1 Å². The van der Waals surface area contributed by atoms with Crippen molar-refractivity contribution in [1.82, 2.24) is 4.98 Å². The molecule has 0 atom stereocenters. The molecular formula is C15H14N2O3. The van der Waals surface area contributed by atoms with Crippen LogP contribution in [0.1, 0.15) is 26.4 Å². The molecule has 1 heterocycles. The molecule has 0 bridgehead atoms. The first-order valence-corrected chi connectivity index (χ1v) is 6.02. The van der Waals surface area contributed by atoms with E-state index in [-0.39, 0.29) is 11.6 Å². The van der Waals surface area contributed by atoms with Gasteiger partial charge in [0.1, 0.15) is 5.69 Å². The molecule has 0 aliphatic rings. The van der Waals surface area contributed by atoms with Crippen molar-refractivity contribution in [2.24, 2.45) is 0 Å². The zero-order chi connectivity index (χ0) is 14.5. The standard InChI is InChI=1S/C15H14N2O3/c1-10-4-3-5-12(8-10)17-14(18)13-7-6-11(9-16-13)15(19)20-2/h3-9H,1-2H3,(H,17,18). The maximum absolute atomic E-state index is 12.0. The lowest BCUT2D eigenvalue weighted by atomic mass is 10.2. The summed E-state index contributed by atoms with van der Waals surface area (Å²) in [5.41, 5.74) is 2.30. The fourth-order valence-electron chi connectivity index (χ4n) is 1.68. The Kier molecular flexibility index (Phi) is 4.10. The van der Waals surface area contributed by atoms with E-state index in [9.17, 15) is 9.59 Å². The number of esters is 1. The van der Waals surface area contributed by atoms with Gasteiger partial charge in [-0.05, 0) is 36.8 Å². The zero-order valence-electron chi connectivity index (χ0n) is 11.2. The Morgan fingerprint density at radius 3 is 2.60 bits per heavy atom. The minimum absolute atomic E-state index is 0.235. The SMILES string of the molecule is COC(=O)c1ccc(C(=O)Nc2cccc(C)c2)nc1. The monoisotopic (exact) mass is 270 g/mol. The van der Waals surface area contributed by atoms with Gasteiger partial charge in [-0.15, -0.1) is 0 Å². The van der Waals surface area contributed by atoms with E-state index in [1.807, 2.05) is 25.1 Å². The molecule has 0 saturated carbocycles. The second-order valence-corrected chi connectivity index (χ2v) is 4.25. The average molecular weight is 270 g/mol. The van der Waals surface area contributed by atoms with Crippen molar-refractivity contribution >= 4 is 17.6 Å². The summed E-state index contributed by atoms with van der Waals surface area (Å²) < 4.78 is 4.57. The summed E-state index contributed by atoms with van der Waals surface area (Å²) >= 11 is 0. The van der Waals surface area contributed by atoms with Gasteiger partial charge in [-0.2, -0.15) is 0 Å². The summed E-state index contributed by atoms with van der Waals surface area (Å²) in [5, 5.41) is 2.74. The Bertz CT molecular complexity index is 636. The highest BCUT2D eigenvalue weighted by molar-refractivity contribution is 6.03. The minimum Gasteiger partial charge on any atom is -0.465 e. The lowest BCUT2D eigenvalue weighted by molar-refractivity contribution is 0.0600. The Balaban J connectivity index is 2.11. The molecule has 1 aromatic heterocycles. The maximum atomic E-state index is 12.0. The van der Waals surface area contributed by atoms with Gasteiger partial charge in [-0.25, -0.2) is 4.79 Å². The number of nitrogens with one attached hydrogen (secondary N) is 1. The summed E-state index contributed by atoms with van der Waals surface area (Å²) in [4.78, 5) is 27.2. The predicted octanol–water partition coefficient (Wildman–Crippen LogP) is 2.43. The number of benzene rings is 1. The van der Waals surface area contributed by atoms with E-state index >= 15 is 0 Å². The van der Waals surface area contributed by atoms with E-state index in [1.165, 1.54) is 25.4 Å². The summed E-state index contributed by atoms with van der Waals surface area (Å²) in [7, 11) is 1.29. The van der Waals surface area contributed by atoms with Crippen LogP contribution < -0.4 is 5.32 Å². The number of hydrogen-bond donors (Lipinski definition) is 1. The van der Waals surface area contributed by atoms with E-state index in [0.717, 1.165) is 5.56 Å². The largest absolute Gasteiger partial charge is 0.465 e. The Morgan fingerprint density at radius 1 is 1.20 bits per heavy atom. The molecule has 5 heteroatoms. The fourth-order valence-corrected chi connectivity index (χ4v) is 1.68. The Labute approximate surface area is 116 Å². The predicted molar refractivity (Wildman–Crippen MR) is 74.7 cm³/mol. The first kappa shape index (κ1) is 13.7. The van der Waals surface area contributed by atoms with Crippen LogP contribution in [0.25, 0.3) is 0 Å². The van der Waals surface area contributed by atoms with Crippen LogP contribution in [0.4, 0.5) is 5.69 Å². The van der Waals surface area contributed by atoms with Gasteiger partial charge in [-0.1, -0.05) is 12.1 Å². The quantitative estimate of drug-likeness (QED) is 0.870. The molecule has 0 unspecified atom stereocenters. The van der Waals surface area contributed by atoms with Gasteiger partial charge in [-0.3, -0.25) is 9.78 Å². The van der Waals surface area contributed by atoms with Crippen molar-refractivity contribution in [3.63, 3.8) is 0 Å². The third-order valence-corrected chi connectivity index (χ3v) is 2.69. The van der Waals surface area contributed by atoms with Gasteiger partial charge in [0.05, 0.1) is 12.7 Å². The second-order valence-electron chi connectivity index (χ2n) is 4.25. The summed E-state index contributed by atoms with van der Waals surface area (Å²) in [5.74, 6) is -0.810. The van der Waals surface area contributed by atoms with Crippen molar-refractivity contribution < 1.29 is 14.3 Å². The fraction of sp³-hybridized carbons (Fsp3) is 0.133. The van der Waals surface area contributed by atoms with Crippen molar-refractivity contribution in [2.75, 3.05) is 12.4 Å². The number of nitrogens with zero attached hydrogens (tertiary/aromatic N) is 1. The number of anilines is 1. The molecule has 1 amide bonds. The van der Waals surface area contributed by atoms with E-state index in [4.69, 9.17) is 0 Å². The summed E-state index contributed by atoms with van der Waals surface area (Å²) in [6.07, 6.45) is 1.32. The van der Waals surface area contributed by atoms with E-state index in [1.54, 1.807) is 6.07 Å². The molecule has 0 spiro atoms. The number of hydrogen-bond acceptors (Lipinski definition) is 4. The molecular weight excluding hydrogens is 256 g/mol. The smallest absolute Gasteiger partial charge is 0.339 e. The van der Waals surface area contributed by atoms with Crippen LogP contribution in [0.5, 0.6) is 0 Å². The van der Waals surface area contributed by atoms with Gasteiger partial charge in [0, 0.05) is 11.9 Å². The molecule has 0 aliphatic carbocycles. The Morgan fingerprint density at radius 2 is 2.00 bits per heavy atom. The third-order valence-electron chi connectivity index (χ3n) is 2.69. The number of carbonyl (C=O) groups excluding carboxylic acids is 2. The zero-order valence-corrected chi connectivity index (χ0v) is 11.2. The normalized spacial score (nSPS) is 9.90. The molecule has 1 aromatic carbocycles. The topological polar surface area (TPSA) is 68.3 Å². The van der Waals surface area contributed by atoms with Crippen LogP contribution in [0.15, 0.2) is 42.6 Å². The van der Waals surface area contributed by atoms with Crippen LogP contribution >= 0.6 is 0 Å². The Hall–Kier alpha value is -2.69. The van der Waals surface area contributed by atoms with Crippen LogP contribution in [0.3, 0.4) is 0 Å². The maximum Gasteiger partial charge on any atom is 0.339 e. The lowest BCUT2D eigenvalue weighted by Crippen LogP contribution is -2.14. The van der Waals surface area contributed by atoms with E-state index in [2.05, 4.69) is 15.0 Å². The number of rotatable bonds is 3. The summed E-state index contributed by atoms with van der Waals surface area (Å²) in [6, 6.07) is 10.5. The molecule has 2 rings (SSSR count). The van der Waals surface area contributed by atoms with Crippen LogP contribution in [-0.4, -0.2) is 24.0 Å². The van der Waals surface area contributed by atoms with Crippen LogP contribution in [-0.2, 0) is 4.74 Å². The lowest BCUT2D eigenvalue weighted by Gasteiger charge is -2.06. The first-order chi connectivity index (χ1) is 9.60. The van der Waals surface area contributed by atoms with Gasteiger partial charge >= 0.3 is 5.97 Å². The molecule has 20 heavy (non-hydrogen) atoms. The van der Waals surface area contributed by atoms with Crippen LogP contribution in [0, 0.1) is 6.92 Å². The van der Waals surface area contributed by atoms with Gasteiger partial charge in [0.25, 0.3) is 5.91 Å². The number of aryl methyl sites for hydroxylation is 1. The van der Waals surface area contributed by atoms with Gasteiger partial charge in [0.15, 0.2) is 0 Å². The first-order valence-electron chi connectivity index (χ1n) is 6.02. The van der Waals surface area contributed by atoms with Crippen molar-refractivity contribution in [3.8, 4) is 0 Å². The molecule has 1 N–H and O–H groups in total. The number of carbonyl (C=O) groups is 2. The number of aromatic nitrogens is 1. The van der Waals surface area contributed by atoms with Crippen molar-refractivity contribution in [3.05, 3.63) is 59.4 Å². The second kappa shape index (κ2) is 5.97. The number of methoxy groups -OCH3 is 1. The van der Waals surface area contributed by atoms with Crippen molar-refractivity contribution in [2.45, 2.75) is 6.92 Å². The molecule has 0 aliphatic heterocycles. The van der Waals surface area contributed by atoms with Crippen molar-refractivity contribution in [1.29, 1.82) is 0 Å². The number of pyridine rings is 1. The molecule has 0 radical (unpaired) electrons. The number of ether oxygens (including phenoxy) is 1.